The van der Waals surface area contributed by atoms with Crippen molar-refractivity contribution in [3.8, 4) is 17.0 Å². The van der Waals surface area contributed by atoms with Crippen molar-refractivity contribution in [1.29, 1.82) is 0 Å². The monoisotopic (exact) mass is 437 g/mol. The molecule has 158 valence electrons. The van der Waals surface area contributed by atoms with E-state index < -0.39 is 5.69 Å². The van der Waals surface area contributed by atoms with Crippen LogP contribution in [0.4, 0.5) is 5.69 Å². The van der Waals surface area contributed by atoms with Crippen LogP contribution in [0.3, 0.4) is 0 Å². The second kappa shape index (κ2) is 8.23. The number of hydrogen-bond acceptors (Lipinski definition) is 5. The molecule has 0 atom stereocenters. The number of methoxy groups -OCH3 is 1. The quantitative estimate of drug-likeness (QED) is 0.516. The first-order valence-electron chi connectivity index (χ1n) is 9.53. The Hall–Kier alpha value is -3.65. The number of carbonyl (C=O) groups is 1. The zero-order valence-corrected chi connectivity index (χ0v) is 18.0. The number of nitrogens with one attached hydrogen (secondary N) is 1. The zero-order chi connectivity index (χ0) is 22.1. The van der Waals surface area contributed by atoms with Gasteiger partial charge in [-0.25, -0.2) is 18.9 Å². The lowest BCUT2D eigenvalue weighted by Crippen LogP contribution is -2.28. The lowest BCUT2D eigenvalue weighted by molar-refractivity contribution is -0.117. The molecule has 2 heterocycles. The summed E-state index contributed by atoms with van der Waals surface area (Å²) in [5.74, 6) is 0.833. The van der Waals surface area contributed by atoms with Gasteiger partial charge in [0.1, 0.15) is 18.1 Å². The van der Waals surface area contributed by atoms with E-state index in [2.05, 4.69) is 15.4 Å². The fourth-order valence-electron chi connectivity index (χ4n) is 3.22. The number of hydrogen-bond donors (Lipinski definition) is 1. The Labute approximate surface area is 183 Å². The molecule has 0 aliphatic carbocycles. The standard InChI is InChI=1S/C22H20ClN5O3/c1-13-4-7-16(10-18(13)23)25-21(29)12-27-22(30)28-14(2)24-19(11-20(28)26-27)15-5-8-17(31-3)9-6-15/h4-11H,12H2,1-3H3,(H,25,29). The van der Waals surface area contributed by atoms with Gasteiger partial charge in [-0.05, 0) is 55.8 Å². The summed E-state index contributed by atoms with van der Waals surface area (Å²) < 4.78 is 7.68. The van der Waals surface area contributed by atoms with Gasteiger partial charge in [0.2, 0.25) is 5.91 Å². The van der Waals surface area contributed by atoms with Crippen LogP contribution in [0.5, 0.6) is 5.75 Å². The predicted octanol–water partition coefficient (Wildman–Crippen LogP) is 3.48. The average molecular weight is 438 g/mol. The maximum Gasteiger partial charge on any atom is 0.352 e. The summed E-state index contributed by atoms with van der Waals surface area (Å²) in [4.78, 5) is 29.7. The highest BCUT2D eigenvalue weighted by atomic mass is 35.5. The Morgan fingerprint density at radius 1 is 1.13 bits per heavy atom. The zero-order valence-electron chi connectivity index (χ0n) is 17.2. The summed E-state index contributed by atoms with van der Waals surface area (Å²) in [6, 6.07) is 14.4. The number of rotatable bonds is 5. The molecule has 0 aliphatic heterocycles. The van der Waals surface area contributed by atoms with E-state index in [9.17, 15) is 9.59 Å². The van der Waals surface area contributed by atoms with Crippen LogP contribution < -0.4 is 15.7 Å². The molecule has 1 N–H and O–H groups in total. The fraction of sp³-hybridized carbons (Fsp3) is 0.182. The van der Waals surface area contributed by atoms with E-state index in [0.29, 0.717) is 27.9 Å². The van der Waals surface area contributed by atoms with E-state index in [1.54, 1.807) is 32.2 Å². The third-order valence-electron chi connectivity index (χ3n) is 4.87. The third-order valence-corrected chi connectivity index (χ3v) is 5.28. The Morgan fingerprint density at radius 2 is 1.87 bits per heavy atom. The van der Waals surface area contributed by atoms with Crippen molar-refractivity contribution in [2.75, 3.05) is 12.4 Å². The maximum absolute atomic E-state index is 12.8. The first kappa shape index (κ1) is 20.6. The molecule has 4 aromatic rings. The molecule has 9 heteroatoms. The van der Waals surface area contributed by atoms with Crippen LogP contribution in [0.25, 0.3) is 16.9 Å². The third kappa shape index (κ3) is 4.15. The molecule has 0 aliphatic rings. The first-order chi connectivity index (χ1) is 14.9. The minimum atomic E-state index is -0.432. The van der Waals surface area contributed by atoms with Crippen LogP contribution in [0.2, 0.25) is 5.02 Å². The van der Waals surface area contributed by atoms with Gasteiger partial charge in [-0.15, -0.1) is 5.10 Å². The summed E-state index contributed by atoms with van der Waals surface area (Å²) in [6.07, 6.45) is 0. The van der Waals surface area contributed by atoms with Crippen LogP contribution in [-0.4, -0.2) is 32.2 Å². The topological polar surface area (TPSA) is 90.5 Å². The van der Waals surface area contributed by atoms with Crippen molar-refractivity contribution in [2.45, 2.75) is 20.4 Å². The van der Waals surface area contributed by atoms with Gasteiger partial charge in [0.05, 0.1) is 12.8 Å². The number of carbonyl (C=O) groups excluding carboxylic acids is 1. The second-order valence-corrected chi connectivity index (χ2v) is 7.47. The van der Waals surface area contributed by atoms with Gasteiger partial charge >= 0.3 is 5.69 Å². The van der Waals surface area contributed by atoms with Crippen molar-refractivity contribution >= 4 is 28.8 Å². The van der Waals surface area contributed by atoms with Gasteiger partial charge in [0.25, 0.3) is 0 Å². The van der Waals surface area contributed by atoms with Crippen LogP contribution in [0.1, 0.15) is 11.4 Å². The molecule has 31 heavy (non-hydrogen) atoms. The van der Waals surface area contributed by atoms with Gasteiger partial charge < -0.3 is 10.1 Å². The number of ether oxygens (including phenoxy) is 1. The van der Waals surface area contributed by atoms with Crippen molar-refractivity contribution < 1.29 is 9.53 Å². The molecule has 0 saturated heterocycles. The van der Waals surface area contributed by atoms with Gasteiger partial charge in [-0.3, -0.25) is 4.79 Å². The van der Waals surface area contributed by atoms with Crippen molar-refractivity contribution in [3.05, 3.63) is 75.4 Å². The number of fused-ring (bicyclic) bond motifs is 1. The Balaban J connectivity index is 1.62. The van der Waals surface area contributed by atoms with Gasteiger partial charge in [-0.2, -0.15) is 0 Å². The number of benzene rings is 2. The SMILES string of the molecule is COc1ccc(-c2cc3nn(CC(=O)Nc4ccc(C)c(Cl)c4)c(=O)n3c(C)n2)cc1. The lowest BCUT2D eigenvalue weighted by Gasteiger charge is -2.06. The number of halogens is 1. The van der Waals surface area contributed by atoms with E-state index in [1.807, 2.05) is 37.3 Å². The highest BCUT2D eigenvalue weighted by Gasteiger charge is 2.15. The Bertz CT molecular complexity index is 1340. The summed E-state index contributed by atoms with van der Waals surface area (Å²) >= 11 is 6.10. The second-order valence-electron chi connectivity index (χ2n) is 7.06. The van der Waals surface area contributed by atoms with Gasteiger partial charge in [0, 0.05) is 22.3 Å². The van der Waals surface area contributed by atoms with E-state index in [0.717, 1.165) is 21.6 Å². The highest BCUT2D eigenvalue weighted by molar-refractivity contribution is 6.31. The van der Waals surface area contributed by atoms with Crippen molar-refractivity contribution in [2.24, 2.45) is 0 Å². The molecular weight excluding hydrogens is 418 g/mol. The van der Waals surface area contributed by atoms with E-state index in [1.165, 1.54) is 4.40 Å². The molecule has 2 aromatic heterocycles. The minimum absolute atomic E-state index is 0.233. The molecule has 4 rings (SSSR count). The van der Waals surface area contributed by atoms with E-state index in [4.69, 9.17) is 16.3 Å². The lowest BCUT2D eigenvalue weighted by atomic mass is 10.1. The summed E-state index contributed by atoms with van der Waals surface area (Å²) in [5.41, 5.74) is 2.97. The number of aromatic nitrogens is 4. The van der Waals surface area contributed by atoms with Crippen molar-refractivity contribution in [3.63, 3.8) is 0 Å². The number of amides is 1. The molecule has 2 aromatic carbocycles. The largest absolute Gasteiger partial charge is 0.497 e. The summed E-state index contributed by atoms with van der Waals surface area (Å²) in [6.45, 7) is 3.37. The molecule has 0 unspecified atom stereocenters. The molecule has 0 bridgehead atoms. The molecule has 1 amide bonds. The van der Waals surface area contributed by atoms with E-state index >= 15 is 0 Å². The normalized spacial score (nSPS) is 11.0. The van der Waals surface area contributed by atoms with E-state index in [-0.39, 0.29) is 12.5 Å². The van der Waals surface area contributed by atoms with Crippen LogP contribution in [-0.2, 0) is 11.3 Å². The first-order valence-corrected chi connectivity index (χ1v) is 9.91. The molecule has 0 saturated carbocycles. The Kier molecular flexibility index (Phi) is 5.48. The van der Waals surface area contributed by atoms with Gasteiger partial charge in [0.15, 0.2) is 5.65 Å². The molecular formula is C22H20ClN5O3. The molecule has 0 radical (unpaired) electrons. The fourth-order valence-corrected chi connectivity index (χ4v) is 3.40. The summed E-state index contributed by atoms with van der Waals surface area (Å²) in [5, 5.41) is 7.61. The molecule has 0 spiro atoms. The average Bonchev–Trinajstić information content (AvgIpc) is 3.06. The number of aryl methyl sites for hydroxylation is 2. The number of nitrogens with zero attached hydrogens (tertiary/aromatic N) is 4. The highest BCUT2D eigenvalue weighted by Crippen LogP contribution is 2.22. The molecule has 0 fully saturated rings. The van der Waals surface area contributed by atoms with Crippen LogP contribution >= 0.6 is 11.6 Å². The smallest absolute Gasteiger partial charge is 0.352 e. The van der Waals surface area contributed by atoms with Crippen molar-refractivity contribution in [1.82, 2.24) is 19.2 Å². The van der Waals surface area contributed by atoms with Crippen LogP contribution in [0.15, 0.2) is 53.3 Å². The Morgan fingerprint density at radius 3 is 2.55 bits per heavy atom. The van der Waals surface area contributed by atoms with Crippen LogP contribution in [0, 0.1) is 13.8 Å². The number of anilines is 1. The predicted molar refractivity (Wildman–Crippen MR) is 119 cm³/mol. The summed E-state index contributed by atoms with van der Waals surface area (Å²) in [7, 11) is 1.60. The van der Waals surface area contributed by atoms with Gasteiger partial charge in [-0.1, -0.05) is 17.7 Å². The molecule has 8 nitrogen and oxygen atoms in total. The minimum Gasteiger partial charge on any atom is -0.497 e. The maximum atomic E-state index is 12.8.